The predicted molar refractivity (Wildman–Crippen MR) is 79.2 cm³/mol. The van der Waals surface area contributed by atoms with Gasteiger partial charge in [-0.3, -0.25) is 0 Å². The normalized spacial score (nSPS) is 16.3. The minimum absolute atomic E-state index is 0.134. The molecule has 0 aliphatic carbocycles. The molecule has 1 aliphatic rings. The summed E-state index contributed by atoms with van der Waals surface area (Å²) in [5.74, 6) is 1.92. The summed E-state index contributed by atoms with van der Waals surface area (Å²) in [4.78, 5) is 0. The van der Waals surface area contributed by atoms with Gasteiger partial charge in [0.25, 0.3) is 0 Å². The van der Waals surface area contributed by atoms with Crippen LogP contribution in [0.15, 0.2) is 24.3 Å². The molecule has 0 fully saturated rings. The predicted octanol–water partition coefficient (Wildman–Crippen LogP) is 2.99. The number of rotatable bonds is 4. The number of hydrogen-bond donors (Lipinski definition) is 1. The molecule has 0 spiro atoms. The Hall–Kier alpha value is -1.75. The Morgan fingerprint density at radius 2 is 2.00 bits per heavy atom. The summed E-state index contributed by atoms with van der Waals surface area (Å²) in [6.07, 6.45) is 4.69. The van der Waals surface area contributed by atoms with E-state index in [-0.39, 0.29) is 11.9 Å². The molecular weight excluding hydrogens is 267 g/mol. The molecule has 2 heterocycles. The Bertz CT molecular complexity index is 591. The summed E-state index contributed by atoms with van der Waals surface area (Å²) in [5, 5.41) is 12.1. The maximum atomic E-state index is 12.9. The standard InChI is InChI=1S/C16H21FN4/c1-12(18-11-13-6-8-14(17)9-7-13)16-20-19-15-5-3-2-4-10-21(15)16/h6-9,12,18H,2-5,10-11H2,1H3. The van der Waals surface area contributed by atoms with E-state index in [0.29, 0.717) is 6.54 Å². The molecule has 1 aromatic carbocycles. The third-order valence-electron chi connectivity index (χ3n) is 4.05. The van der Waals surface area contributed by atoms with Gasteiger partial charge < -0.3 is 9.88 Å². The largest absolute Gasteiger partial charge is 0.314 e. The molecule has 1 atom stereocenters. The summed E-state index contributed by atoms with van der Waals surface area (Å²) < 4.78 is 15.2. The number of halogens is 1. The third kappa shape index (κ3) is 3.29. The highest BCUT2D eigenvalue weighted by atomic mass is 19.1. The fourth-order valence-corrected chi connectivity index (χ4v) is 2.79. The molecule has 1 aromatic heterocycles. The number of benzene rings is 1. The highest BCUT2D eigenvalue weighted by Gasteiger charge is 2.18. The van der Waals surface area contributed by atoms with E-state index in [1.54, 1.807) is 12.1 Å². The number of nitrogens with zero attached hydrogens (tertiary/aromatic N) is 3. The Morgan fingerprint density at radius 1 is 1.19 bits per heavy atom. The first-order valence-corrected chi connectivity index (χ1v) is 7.64. The second kappa shape index (κ2) is 6.35. The topological polar surface area (TPSA) is 42.7 Å². The van der Waals surface area contributed by atoms with Crippen LogP contribution < -0.4 is 5.32 Å². The van der Waals surface area contributed by atoms with Crippen LogP contribution in [-0.2, 0) is 19.5 Å². The number of aromatic nitrogens is 3. The van der Waals surface area contributed by atoms with Gasteiger partial charge >= 0.3 is 0 Å². The minimum atomic E-state index is -0.199. The van der Waals surface area contributed by atoms with Gasteiger partial charge in [0.05, 0.1) is 6.04 Å². The van der Waals surface area contributed by atoms with E-state index in [1.165, 1.54) is 31.4 Å². The maximum Gasteiger partial charge on any atom is 0.149 e. The fraction of sp³-hybridized carbons (Fsp3) is 0.500. The van der Waals surface area contributed by atoms with Crippen LogP contribution in [0.3, 0.4) is 0 Å². The van der Waals surface area contributed by atoms with E-state index >= 15 is 0 Å². The van der Waals surface area contributed by atoms with Crippen molar-refractivity contribution < 1.29 is 4.39 Å². The second-order valence-corrected chi connectivity index (χ2v) is 5.67. The van der Waals surface area contributed by atoms with Crippen LogP contribution in [-0.4, -0.2) is 14.8 Å². The van der Waals surface area contributed by atoms with Crippen LogP contribution in [0.2, 0.25) is 0 Å². The molecule has 112 valence electrons. The Balaban J connectivity index is 1.66. The minimum Gasteiger partial charge on any atom is -0.314 e. The van der Waals surface area contributed by atoms with E-state index in [1.807, 2.05) is 0 Å². The van der Waals surface area contributed by atoms with Crippen molar-refractivity contribution in [3.05, 3.63) is 47.3 Å². The number of hydrogen-bond acceptors (Lipinski definition) is 3. The molecule has 4 nitrogen and oxygen atoms in total. The van der Waals surface area contributed by atoms with Crippen molar-refractivity contribution >= 4 is 0 Å². The number of nitrogens with one attached hydrogen (secondary N) is 1. The van der Waals surface area contributed by atoms with Crippen molar-refractivity contribution in [2.24, 2.45) is 0 Å². The van der Waals surface area contributed by atoms with E-state index in [9.17, 15) is 4.39 Å². The van der Waals surface area contributed by atoms with Crippen molar-refractivity contribution in [1.82, 2.24) is 20.1 Å². The first-order chi connectivity index (χ1) is 10.2. The highest BCUT2D eigenvalue weighted by molar-refractivity contribution is 5.16. The van der Waals surface area contributed by atoms with Crippen LogP contribution in [0.1, 0.15) is 49.4 Å². The summed E-state index contributed by atoms with van der Waals surface area (Å²) in [6, 6.07) is 6.73. The van der Waals surface area contributed by atoms with Crippen LogP contribution in [0, 0.1) is 5.82 Å². The lowest BCUT2D eigenvalue weighted by Crippen LogP contribution is -2.22. The molecule has 21 heavy (non-hydrogen) atoms. The smallest absolute Gasteiger partial charge is 0.149 e. The van der Waals surface area contributed by atoms with Gasteiger partial charge in [0.15, 0.2) is 0 Å². The quantitative estimate of drug-likeness (QED) is 0.940. The maximum absolute atomic E-state index is 12.9. The Kier molecular flexibility index (Phi) is 4.29. The van der Waals surface area contributed by atoms with Gasteiger partial charge in [-0.25, -0.2) is 4.39 Å². The van der Waals surface area contributed by atoms with Gasteiger partial charge in [0.2, 0.25) is 0 Å². The van der Waals surface area contributed by atoms with E-state index < -0.39 is 0 Å². The Labute approximate surface area is 124 Å². The Morgan fingerprint density at radius 3 is 2.81 bits per heavy atom. The molecule has 1 N–H and O–H groups in total. The van der Waals surface area contributed by atoms with E-state index in [0.717, 1.165) is 30.2 Å². The molecule has 0 saturated carbocycles. The first kappa shape index (κ1) is 14.2. The summed E-state index contributed by atoms with van der Waals surface area (Å²) in [7, 11) is 0. The molecule has 0 amide bonds. The summed E-state index contributed by atoms with van der Waals surface area (Å²) >= 11 is 0. The third-order valence-corrected chi connectivity index (χ3v) is 4.05. The van der Waals surface area contributed by atoms with Crippen LogP contribution in [0.4, 0.5) is 4.39 Å². The van der Waals surface area contributed by atoms with Gasteiger partial charge in [-0.15, -0.1) is 10.2 Å². The van der Waals surface area contributed by atoms with E-state index in [4.69, 9.17) is 0 Å². The molecule has 0 saturated heterocycles. The van der Waals surface area contributed by atoms with Crippen molar-refractivity contribution in [2.45, 2.75) is 51.7 Å². The van der Waals surface area contributed by atoms with Crippen molar-refractivity contribution in [3.8, 4) is 0 Å². The van der Waals surface area contributed by atoms with Gasteiger partial charge in [0, 0.05) is 19.5 Å². The summed E-state index contributed by atoms with van der Waals surface area (Å²) in [6.45, 7) is 3.82. The first-order valence-electron chi connectivity index (χ1n) is 7.64. The lowest BCUT2D eigenvalue weighted by Gasteiger charge is -2.15. The average Bonchev–Trinajstić information content (AvgIpc) is 2.75. The van der Waals surface area contributed by atoms with Crippen molar-refractivity contribution in [3.63, 3.8) is 0 Å². The van der Waals surface area contributed by atoms with Crippen LogP contribution >= 0.6 is 0 Å². The zero-order valence-corrected chi connectivity index (χ0v) is 12.3. The fourth-order valence-electron chi connectivity index (χ4n) is 2.79. The zero-order chi connectivity index (χ0) is 14.7. The van der Waals surface area contributed by atoms with Crippen molar-refractivity contribution in [2.75, 3.05) is 0 Å². The molecule has 5 heteroatoms. The molecule has 1 aliphatic heterocycles. The molecular formula is C16H21FN4. The lowest BCUT2D eigenvalue weighted by molar-refractivity contribution is 0.501. The molecule has 3 rings (SSSR count). The second-order valence-electron chi connectivity index (χ2n) is 5.67. The summed E-state index contributed by atoms with van der Waals surface area (Å²) in [5.41, 5.74) is 1.07. The zero-order valence-electron chi connectivity index (χ0n) is 12.3. The molecule has 1 unspecified atom stereocenters. The highest BCUT2D eigenvalue weighted by Crippen LogP contribution is 2.18. The van der Waals surface area contributed by atoms with Crippen LogP contribution in [0.25, 0.3) is 0 Å². The molecule has 0 radical (unpaired) electrons. The average molecular weight is 288 g/mol. The van der Waals surface area contributed by atoms with Gasteiger partial charge in [-0.05, 0) is 37.5 Å². The molecule has 0 bridgehead atoms. The number of fused-ring (bicyclic) bond motifs is 1. The van der Waals surface area contributed by atoms with Crippen molar-refractivity contribution in [1.29, 1.82) is 0 Å². The van der Waals surface area contributed by atoms with Gasteiger partial charge in [0.1, 0.15) is 17.5 Å². The van der Waals surface area contributed by atoms with E-state index in [2.05, 4.69) is 27.0 Å². The SMILES string of the molecule is CC(NCc1ccc(F)cc1)c1nnc2n1CCCCC2. The van der Waals surface area contributed by atoms with Gasteiger partial charge in [-0.2, -0.15) is 0 Å². The monoisotopic (exact) mass is 288 g/mol. The number of aryl methyl sites for hydroxylation is 1. The molecule has 2 aromatic rings. The van der Waals surface area contributed by atoms with Crippen LogP contribution in [0.5, 0.6) is 0 Å². The lowest BCUT2D eigenvalue weighted by atomic mass is 10.2. The van der Waals surface area contributed by atoms with Gasteiger partial charge in [-0.1, -0.05) is 18.6 Å².